The van der Waals surface area contributed by atoms with E-state index in [1.54, 1.807) is 12.1 Å². The Morgan fingerprint density at radius 1 is 0.943 bits per heavy atom. The Morgan fingerprint density at radius 2 is 1.66 bits per heavy atom. The standard InChI is InChI=1S/C28H19BrFN3OS/c29-23-12-15-25-26(17-23)35-28(32-25)33(31-18-21-8-13-24(30)14-9-21)27(34)22-10-6-20(7-11-22)16-19-4-2-1-3-5-19/h1-15,17-18H,16H2/b31-18+. The number of thiazole rings is 1. The van der Waals surface area contributed by atoms with Crippen LogP contribution < -0.4 is 5.01 Å². The third-order valence-corrected chi connectivity index (χ3v) is 6.84. The van der Waals surface area contributed by atoms with Crippen LogP contribution in [0.15, 0.2) is 107 Å². The van der Waals surface area contributed by atoms with Gasteiger partial charge in [-0.2, -0.15) is 10.1 Å². The van der Waals surface area contributed by atoms with Gasteiger partial charge in [-0.25, -0.2) is 9.37 Å². The lowest BCUT2D eigenvalue weighted by Crippen LogP contribution is -2.25. The van der Waals surface area contributed by atoms with Gasteiger partial charge in [0.1, 0.15) is 5.82 Å². The van der Waals surface area contributed by atoms with Crippen LogP contribution in [0, 0.1) is 5.82 Å². The van der Waals surface area contributed by atoms with Crippen LogP contribution in [0.25, 0.3) is 10.2 Å². The highest BCUT2D eigenvalue weighted by Gasteiger charge is 2.21. The molecule has 0 unspecified atom stereocenters. The summed E-state index contributed by atoms with van der Waals surface area (Å²) in [6.07, 6.45) is 2.32. The first kappa shape index (κ1) is 23.1. The first-order chi connectivity index (χ1) is 17.0. The molecule has 7 heteroatoms. The molecule has 0 saturated heterocycles. The maximum atomic E-state index is 13.5. The first-order valence-electron chi connectivity index (χ1n) is 10.9. The van der Waals surface area contributed by atoms with Crippen LogP contribution in [-0.2, 0) is 6.42 Å². The number of rotatable bonds is 6. The average molecular weight is 544 g/mol. The average Bonchev–Trinajstić information content (AvgIpc) is 3.29. The Balaban J connectivity index is 1.46. The maximum absolute atomic E-state index is 13.5. The minimum Gasteiger partial charge on any atom is -0.267 e. The lowest BCUT2D eigenvalue weighted by atomic mass is 10.0. The fraction of sp³-hybridized carbons (Fsp3) is 0.0357. The van der Waals surface area contributed by atoms with Crippen molar-refractivity contribution in [2.45, 2.75) is 6.42 Å². The van der Waals surface area contributed by atoms with E-state index >= 15 is 0 Å². The van der Waals surface area contributed by atoms with E-state index in [-0.39, 0.29) is 11.7 Å². The second-order valence-corrected chi connectivity index (χ2v) is 9.81. The topological polar surface area (TPSA) is 45.6 Å². The summed E-state index contributed by atoms with van der Waals surface area (Å²) in [5.74, 6) is -0.629. The highest BCUT2D eigenvalue weighted by Crippen LogP contribution is 2.32. The molecule has 0 saturated carbocycles. The zero-order valence-electron chi connectivity index (χ0n) is 18.4. The molecule has 1 amide bonds. The lowest BCUT2D eigenvalue weighted by Gasteiger charge is -2.14. The van der Waals surface area contributed by atoms with Crippen molar-refractivity contribution in [3.63, 3.8) is 0 Å². The van der Waals surface area contributed by atoms with Crippen molar-refractivity contribution in [1.82, 2.24) is 4.98 Å². The predicted octanol–water partition coefficient (Wildman–Crippen LogP) is 7.47. The Labute approximate surface area is 214 Å². The first-order valence-corrected chi connectivity index (χ1v) is 12.5. The van der Waals surface area contributed by atoms with Gasteiger partial charge in [0, 0.05) is 10.0 Å². The second kappa shape index (κ2) is 10.3. The Hall–Kier alpha value is -3.68. The molecule has 172 valence electrons. The predicted molar refractivity (Wildman–Crippen MR) is 144 cm³/mol. The van der Waals surface area contributed by atoms with Gasteiger partial charge in [-0.3, -0.25) is 4.79 Å². The number of carbonyl (C=O) groups excluding carboxylic acids is 1. The molecular formula is C28H19BrFN3OS. The molecule has 0 aliphatic heterocycles. The van der Waals surface area contributed by atoms with E-state index in [1.165, 1.54) is 40.3 Å². The molecular weight excluding hydrogens is 525 g/mol. The maximum Gasteiger partial charge on any atom is 0.280 e. The van der Waals surface area contributed by atoms with Gasteiger partial charge >= 0.3 is 0 Å². The number of hydrogen-bond acceptors (Lipinski definition) is 4. The van der Waals surface area contributed by atoms with Crippen molar-refractivity contribution in [3.05, 3.63) is 130 Å². The summed E-state index contributed by atoms with van der Waals surface area (Å²) in [4.78, 5) is 18.2. The van der Waals surface area contributed by atoms with E-state index in [0.717, 1.165) is 26.7 Å². The van der Waals surface area contributed by atoms with Crippen LogP contribution in [0.3, 0.4) is 0 Å². The largest absolute Gasteiger partial charge is 0.280 e. The molecule has 5 rings (SSSR count). The number of benzene rings is 4. The van der Waals surface area contributed by atoms with Gasteiger partial charge in [0.15, 0.2) is 0 Å². The van der Waals surface area contributed by atoms with E-state index in [1.807, 2.05) is 60.7 Å². The van der Waals surface area contributed by atoms with Gasteiger partial charge in [0.25, 0.3) is 5.91 Å². The molecule has 0 bridgehead atoms. The molecule has 4 nitrogen and oxygen atoms in total. The van der Waals surface area contributed by atoms with E-state index in [9.17, 15) is 9.18 Å². The normalized spacial score (nSPS) is 11.3. The summed E-state index contributed by atoms with van der Waals surface area (Å²) in [5, 5.41) is 6.20. The fourth-order valence-electron chi connectivity index (χ4n) is 3.56. The number of hydrazone groups is 1. The second-order valence-electron chi connectivity index (χ2n) is 7.88. The van der Waals surface area contributed by atoms with Gasteiger partial charge < -0.3 is 0 Å². The minimum atomic E-state index is -0.331. The Morgan fingerprint density at radius 3 is 2.40 bits per heavy atom. The van der Waals surface area contributed by atoms with Crippen molar-refractivity contribution in [3.8, 4) is 0 Å². The Kier molecular flexibility index (Phi) is 6.79. The molecule has 0 atom stereocenters. The van der Waals surface area contributed by atoms with Crippen LogP contribution in [0.1, 0.15) is 27.0 Å². The molecule has 0 aliphatic rings. The number of fused-ring (bicyclic) bond motifs is 1. The summed E-state index contributed by atoms with van der Waals surface area (Å²) in [5.41, 5.74) is 4.27. The summed E-state index contributed by atoms with van der Waals surface area (Å²) < 4.78 is 15.2. The molecule has 35 heavy (non-hydrogen) atoms. The number of carbonyl (C=O) groups is 1. The fourth-order valence-corrected chi connectivity index (χ4v) is 5.03. The van der Waals surface area contributed by atoms with Crippen molar-refractivity contribution in [2.75, 3.05) is 5.01 Å². The van der Waals surface area contributed by atoms with Crippen molar-refractivity contribution < 1.29 is 9.18 Å². The molecule has 4 aromatic carbocycles. The van der Waals surface area contributed by atoms with E-state index < -0.39 is 0 Å². The van der Waals surface area contributed by atoms with Crippen LogP contribution in [-0.4, -0.2) is 17.1 Å². The molecule has 0 radical (unpaired) electrons. The van der Waals surface area contributed by atoms with Gasteiger partial charge in [0.05, 0.1) is 16.4 Å². The summed E-state index contributed by atoms with van der Waals surface area (Å²) in [6.45, 7) is 0. The van der Waals surface area contributed by atoms with Crippen molar-refractivity contribution in [2.24, 2.45) is 5.10 Å². The number of halogens is 2. The van der Waals surface area contributed by atoms with Gasteiger partial charge in [-0.15, -0.1) is 0 Å². The monoisotopic (exact) mass is 543 g/mol. The zero-order valence-corrected chi connectivity index (χ0v) is 20.8. The molecule has 5 aromatic rings. The summed E-state index contributed by atoms with van der Waals surface area (Å²) in [6, 6.07) is 29.4. The number of aromatic nitrogens is 1. The van der Waals surface area contributed by atoms with Gasteiger partial charge in [-0.05, 0) is 65.6 Å². The highest BCUT2D eigenvalue weighted by molar-refractivity contribution is 9.10. The highest BCUT2D eigenvalue weighted by atomic mass is 79.9. The smallest absolute Gasteiger partial charge is 0.267 e. The summed E-state index contributed by atoms with van der Waals surface area (Å²) in [7, 11) is 0. The molecule has 0 aliphatic carbocycles. The van der Waals surface area contributed by atoms with Gasteiger partial charge in [-0.1, -0.05) is 81.9 Å². The quantitative estimate of drug-likeness (QED) is 0.165. The molecule has 0 spiro atoms. The third kappa shape index (κ3) is 5.53. The van der Waals surface area contributed by atoms with Crippen LogP contribution in [0.5, 0.6) is 0 Å². The molecule has 0 N–H and O–H groups in total. The van der Waals surface area contributed by atoms with Crippen LogP contribution in [0.4, 0.5) is 9.52 Å². The number of anilines is 1. The molecule has 0 fully saturated rings. The number of amides is 1. The lowest BCUT2D eigenvalue weighted by molar-refractivity contribution is 0.0988. The third-order valence-electron chi connectivity index (χ3n) is 5.36. The zero-order chi connectivity index (χ0) is 24.2. The number of hydrogen-bond donors (Lipinski definition) is 0. The van der Waals surface area contributed by atoms with Crippen LogP contribution >= 0.6 is 27.3 Å². The van der Waals surface area contributed by atoms with Crippen molar-refractivity contribution in [1.29, 1.82) is 0 Å². The van der Waals surface area contributed by atoms with Crippen LogP contribution in [0.2, 0.25) is 0 Å². The molecule has 1 aromatic heterocycles. The molecule has 1 heterocycles. The summed E-state index contributed by atoms with van der Waals surface area (Å²) >= 11 is 4.86. The minimum absolute atomic E-state index is 0.298. The van der Waals surface area contributed by atoms with Crippen molar-refractivity contribution >= 4 is 54.7 Å². The SMILES string of the molecule is O=C(c1ccc(Cc2ccccc2)cc1)N(/N=C/c1ccc(F)cc1)c1nc2ccc(Br)cc2s1. The van der Waals surface area contributed by atoms with E-state index in [2.05, 4.69) is 38.1 Å². The number of nitrogens with zero attached hydrogens (tertiary/aromatic N) is 3. The van der Waals surface area contributed by atoms with E-state index in [4.69, 9.17) is 0 Å². The Bertz CT molecular complexity index is 1500. The van der Waals surface area contributed by atoms with E-state index in [0.29, 0.717) is 16.3 Å². The van der Waals surface area contributed by atoms with Gasteiger partial charge in [0.2, 0.25) is 5.13 Å².